The molecular weight excluding hydrogens is 304 g/mol. The molecule has 0 saturated carbocycles. The molecule has 0 spiro atoms. The third-order valence-electron chi connectivity index (χ3n) is 5.46. The molecule has 132 valence electrons. The molecule has 0 aliphatic carbocycles. The van der Waals surface area contributed by atoms with Crippen LogP contribution in [-0.4, -0.2) is 28.8 Å². The van der Waals surface area contributed by atoms with E-state index in [1.54, 1.807) is 0 Å². The maximum Gasteiger partial charge on any atom is 0.192 e. The van der Waals surface area contributed by atoms with Gasteiger partial charge < -0.3 is 8.85 Å². The highest BCUT2D eigenvalue weighted by molar-refractivity contribution is 6.74. The molecule has 4 heteroatoms. The normalized spacial score (nSPS) is 17.2. The summed E-state index contributed by atoms with van der Waals surface area (Å²) in [6.45, 7) is 29.0. The Morgan fingerprint density at radius 2 is 1.23 bits per heavy atom. The second-order valence-electron chi connectivity index (χ2n) is 9.52. The summed E-state index contributed by atoms with van der Waals surface area (Å²) >= 11 is 0. The van der Waals surface area contributed by atoms with Gasteiger partial charge in [0.1, 0.15) is 0 Å². The summed E-state index contributed by atoms with van der Waals surface area (Å²) in [6, 6.07) is 0. The van der Waals surface area contributed by atoms with Gasteiger partial charge in [-0.05, 0) is 49.6 Å². The Balaban J connectivity index is 5.15. The molecular formula is C18H40O2Si2. The summed E-state index contributed by atoms with van der Waals surface area (Å²) < 4.78 is 13.2. The minimum absolute atomic E-state index is 0.104. The van der Waals surface area contributed by atoms with Crippen LogP contribution < -0.4 is 0 Å². The predicted octanol–water partition coefficient (Wildman–Crippen LogP) is 6.36. The zero-order valence-electron chi connectivity index (χ0n) is 17.0. The monoisotopic (exact) mass is 344 g/mol. The first-order valence-corrected chi connectivity index (χ1v) is 14.3. The molecule has 0 aliphatic rings. The summed E-state index contributed by atoms with van der Waals surface area (Å²) in [4.78, 5) is 0. The standard InChI is InChI=1S/C18H40O2Si2/c1-13-14-16(20-22(11,12)18(6,7)8)15(2)19-21(9,10)17(3,4)5/h13,15-16H,1,14H2,2-12H3/t15-,16-/m1/s1. The van der Waals surface area contributed by atoms with Gasteiger partial charge in [-0.2, -0.15) is 0 Å². The fourth-order valence-corrected chi connectivity index (χ4v) is 4.61. The van der Waals surface area contributed by atoms with Gasteiger partial charge in [-0.3, -0.25) is 0 Å². The molecule has 0 unspecified atom stereocenters. The zero-order valence-corrected chi connectivity index (χ0v) is 19.0. The predicted molar refractivity (Wildman–Crippen MR) is 105 cm³/mol. The molecule has 0 aromatic rings. The van der Waals surface area contributed by atoms with Crippen LogP contribution in [0.25, 0.3) is 0 Å². The third kappa shape index (κ3) is 5.95. The van der Waals surface area contributed by atoms with Gasteiger partial charge in [0.25, 0.3) is 0 Å². The number of rotatable bonds is 7. The minimum Gasteiger partial charge on any atom is -0.412 e. The number of hydrogen-bond acceptors (Lipinski definition) is 2. The number of hydrogen-bond donors (Lipinski definition) is 0. The van der Waals surface area contributed by atoms with Crippen LogP contribution in [0.1, 0.15) is 54.9 Å². The van der Waals surface area contributed by atoms with Crippen LogP contribution in [0.2, 0.25) is 36.3 Å². The molecule has 0 saturated heterocycles. The Morgan fingerprint density at radius 3 is 1.55 bits per heavy atom. The lowest BCUT2D eigenvalue weighted by molar-refractivity contribution is 0.0486. The van der Waals surface area contributed by atoms with Crippen LogP contribution in [-0.2, 0) is 8.85 Å². The molecule has 0 N–H and O–H groups in total. The fourth-order valence-electron chi connectivity index (χ4n) is 1.77. The molecule has 0 aliphatic heterocycles. The van der Waals surface area contributed by atoms with Gasteiger partial charge in [0.2, 0.25) is 0 Å². The van der Waals surface area contributed by atoms with E-state index in [1.807, 2.05) is 6.08 Å². The van der Waals surface area contributed by atoms with Crippen molar-refractivity contribution >= 4 is 16.6 Å². The molecule has 2 nitrogen and oxygen atoms in total. The average molecular weight is 345 g/mol. The second kappa shape index (κ2) is 7.33. The van der Waals surface area contributed by atoms with Gasteiger partial charge >= 0.3 is 0 Å². The molecule has 0 radical (unpaired) electrons. The van der Waals surface area contributed by atoms with Crippen molar-refractivity contribution in [3.05, 3.63) is 12.7 Å². The van der Waals surface area contributed by atoms with E-state index in [-0.39, 0.29) is 22.3 Å². The van der Waals surface area contributed by atoms with E-state index in [4.69, 9.17) is 8.85 Å². The van der Waals surface area contributed by atoms with Crippen LogP contribution in [0.5, 0.6) is 0 Å². The van der Waals surface area contributed by atoms with E-state index in [2.05, 4.69) is 81.2 Å². The summed E-state index contributed by atoms with van der Waals surface area (Å²) in [5, 5.41) is 0.431. The Kier molecular flexibility index (Phi) is 7.36. The molecule has 0 heterocycles. The van der Waals surface area contributed by atoms with Gasteiger partial charge in [-0.25, -0.2) is 0 Å². The van der Waals surface area contributed by atoms with Crippen LogP contribution in [0.4, 0.5) is 0 Å². The summed E-state index contributed by atoms with van der Waals surface area (Å²) in [6.07, 6.45) is 3.02. The first-order chi connectivity index (χ1) is 9.55. The van der Waals surface area contributed by atoms with E-state index >= 15 is 0 Å². The highest BCUT2D eigenvalue weighted by Crippen LogP contribution is 2.40. The Hall–Kier alpha value is 0.0938. The quantitative estimate of drug-likeness (QED) is 0.395. The van der Waals surface area contributed by atoms with Crippen molar-refractivity contribution in [2.24, 2.45) is 0 Å². The molecule has 0 rings (SSSR count). The van der Waals surface area contributed by atoms with Crippen molar-refractivity contribution in [3.8, 4) is 0 Å². The summed E-state index contributed by atoms with van der Waals surface area (Å²) in [7, 11) is -3.58. The van der Waals surface area contributed by atoms with Crippen molar-refractivity contribution in [2.75, 3.05) is 0 Å². The van der Waals surface area contributed by atoms with E-state index in [9.17, 15) is 0 Å². The van der Waals surface area contributed by atoms with Crippen LogP contribution in [0, 0.1) is 0 Å². The van der Waals surface area contributed by atoms with Gasteiger partial charge in [-0.15, -0.1) is 6.58 Å². The van der Waals surface area contributed by atoms with Crippen molar-refractivity contribution in [1.82, 2.24) is 0 Å². The molecule has 0 aromatic heterocycles. The maximum absolute atomic E-state index is 6.63. The molecule has 0 amide bonds. The molecule has 0 fully saturated rings. The molecule has 22 heavy (non-hydrogen) atoms. The Bertz CT molecular complexity index is 362. The highest BCUT2D eigenvalue weighted by Gasteiger charge is 2.43. The largest absolute Gasteiger partial charge is 0.412 e. The van der Waals surface area contributed by atoms with E-state index < -0.39 is 16.6 Å². The molecule has 0 bridgehead atoms. The Labute approximate surface area is 141 Å². The lowest BCUT2D eigenvalue weighted by Crippen LogP contribution is -2.50. The van der Waals surface area contributed by atoms with Crippen molar-refractivity contribution in [3.63, 3.8) is 0 Å². The van der Waals surface area contributed by atoms with Crippen LogP contribution in [0.15, 0.2) is 12.7 Å². The van der Waals surface area contributed by atoms with E-state index in [1.165, 1.54) is 0 Å². The third-order valence-corrected chi connectivity index (χ3v) is 14.5. The van der Waals surface area contributed by atoms with Crippen LogP contribution >= 0.6 is 0 Å². The van der Waals surface area contributed by atoms with Gasteiger partial charge in [0, 0.05) is 0 Å². The van der Waals surface area contributed by atoms with Gasteiger partial charge in [0.15, 0.2) is 16.6 Å². The average Bonchev–Trinajstić information content (AvgIpc) is 2.24. The summed E-state index contributed by atoms with van der Waals surface area (Å²) in [5.41, 5.74) is 0. The van der Waals surface area contributed by atoms with Gasteiger partial charge in [0.05, 0.1) is 12.2 Å². The first-order valence-electron chi connectivity index (χ1n) is 8.52. The van der Waals surface area contributed by atoms with Crippen molar-refractivity contribution < 1.29 is 8.85 Å². The minimum atomic E-state index is -1.80. The van der Waals surface area contributed by atoms with Crippen LogP contribution in [0.3, 0.4) is 0 Å². The fraction of sp³-hybridized carbons (Fsp3) is 0.889. The smallest absolute Gasteiger partial charge is 0.192 e. The van der Waals surface area contributed by atoms with E-state index in [0.717, 1.165) is 6.42 Å². The maximum atomic E-state index is 6.63. The lowest BCUT2D eigenvalue weighted by atomic mass is 10.2. The Morgan fingerprint density at radius 1 is 0.864 bits per heavy atom. The first kappa shape index (κ1) is 22.1. The van der Waals surface area contributed by atoms with E-state index in [0.29, 0.717) is 0 Å². The molecule has 0 aromatic carbocycles. The van der Waals surface area contributed by atoms with Gasteiger partial charge in [-0.1, -0.05) is 47.6 Å². The SMILES string of the molecule is C=CC[C@@H](O[Si](C)(C)C(C)(C)C)[C@@H](C)O[Si](C)(C)C(C)(C)C. The van der Waals surface area contributed by atoms with Crippen molar-refractivity contribution in [2.45, 2.75) is 103 Å². The highest BCUT2D eigenvalue weighted by atomic mass is 28.4. The topological polar surface area (TPSA) is 18.5 Å². The zero-order chi connectivity index (χ0) is 18.0. The second-order valence-corrected chi connectivity index (χ2v) is 19.0. The summed E-state index contributed by atoms with van der Waals surface area (Å²) in [5.74, 6) is 0. The molecule has 2 atom stereocenters. The van der Waals surface area contributed by atoms with Crippen molar-refractivity contribution in [1.29, 1.82) is 0 Å². The lowest BCUT2D eigenvalue weighted by Gasteiger charge is -2.44.